The van der Waals surface area contributed by atoms with Gasteiger partial charge in [-0.1, -0.05) is 36.4 Å². The monoisotopic (exact) mass is 472 g/mol. The topological polar surface area (TPSA) is 145 Å². The van der Waals surface area contributed by atoms with Crippen molar-refractivity contribution in [1.82, 2.24) is 25.9 Å². The minimum atomic E-state index is -0.858. The molecule has 0 unspecified atom stereocenters. The van der Waals surface area contributed by atoms with Gasteiger partial charge in [-0.2, -0.15) is 0 Å². The number of hydrogen-bond acceptors (Lipinski definition) is 4. The number of amides is 3. The zero-order valence-electron chi connectivity index (χ0n) is 19.4. The molecular formula is C26H28N6O3. The highest BCUT2D eigenvalue weighted by Crippen LogP contribution is 2.36. The van der Waals surface area contributed by atoms with Gasteiger partial charge in [-0.3, -0.25) is 14.4 Å². The van der Waals surface area contributed by atoms with Crippen LogP contribution in [0.1, 0.15) is 18.1 Å². The fraction of sp³-hybridized carbons (Fsp3) is 0.269. The van der Waals surface area contributed by atoms with Crippen molar-refractivity contribution >= 4 is 39.5 Å². The Morgan fingerprint density at radius 1 is 0.743 bits per heavy atom. The smallest absolute Gasteiger partial charge is 0.239 e. The summed E-state index contributed by atoms with van der Waals surface area (Å²) >= 11 is 0. The van der Waals surface area contributed by atoms with Crippen molar-refractivity contribution in [2.75, 3.05) is 13.1 Å². The number of aromatic amines is 2. The molecule has 0 saturated carbocycles. The van der Waals surface area contributed by atoms with Crippen LogP contribution in [0.2, 0.25) is 0 Å². The third-order valence-electron chi connectivity index (χ3n) is 6.43. The van der Waals surface area contributed by atoms with Gasteiger partial charge in [-0.15, -0.1) is 0 Å². The SMILES string of the molecule is C[C@@H]1Cc2c([nH]c3ccccc23)-c2[nH]c3ccccc3c2C[C@H](N)C(=O)NCC(=O)NCC(=O)N1. The molecule has 0 spiro atoms. The maximum absolute atomic E-state index is 12.7. The van der Waals surface area contributed by atoms with Crippen LogP contribution in [-0.2, 0) is 27.2 Å². The van der Waals surface area contributed by atoms with Crippen molar-refractivity contribution < 1.29 is 14.4 Å². The van der Waals surface area contributed by atoms with E-state index in [0.717, 1.165) is 44.3 Å². The minimum absolute atomic E-state index is 0.169. The first kappa shape index (κ1) is 22.7. The molecule has 3 heterocycles. The second-order valence-electron chi connectivity index (χ2n) is 9.03. The van der Waals surface area contributed by atoms with E-state index in [9.17, 15) is 14.4 Å². The Morgan fingerprint density at radius 3 is 1.91 bits per heavy atom. The number of benzene rings is 2. The van der Waals surface area contributed by atoms with E-state index in [2.05, 4.69) is 32.0 Å². The number of carbonyl (C=O) groups is 3. The molecule has 3 amide bonds. The number of H-pyrrole nitrogens is 2. The van der Waals surface area contributed by atoms with Gasteiger partial charge in [0, 0.05) is 27.8 Å². The molecule has 35 heavy (non-hydrogen) atoms. The lowest BCUT2D eigenvalue weighted by Gasteiger charge is -2.17. The zero-order valence-corrected chi connectivity index (χ0v) is 19.4. The summed E-state index contributed by atoms with van der Waals surface area (Å²) in [6, 6.07) is 14.9. The third kappa shape index (κ3) is 4.50. The normalized spacial score (nSPS) is 20.1. The maximum atomic E-state index is 12.7. The molecule has 0 fully saturated rings. The number of hydrogen-bond donors (Lipinski definition) is 6. The predicted molar refractivity (Wildman–Crippen MR) is 135 cm³/mol. The molecule has 4 aromatic rings. The van der Waals surface area contributed by atoms with E-state index in [-0.39, 0.29) is 31.5 Å². The van der Waals surface area contributed by atoms with Crippen LogP contribution < -0.4 is 21.7 Å². The van der Waals surface area contributed by atoms with Crippen LogP contribution >= 0.6 is 0 Å². The molecule has 0 radical (unpaired) electrons. The van der Waals surface area contributed by atoms with Crippen molar-refractivity contribution in [1.29, 1.82) is 0 Å². The predicted octanol–water partition coefficient (Wildman–Crippen LogP) is 1.48. The number of rotatable bonds is 0. The third-order valence-corrected chi connectivity index (χ3v) is 6.43. The van der Waals surface area contributed by atoms with Crippen LogP contribution in [0.4, 0.5) is 0 Å². The van der Waals surface area contributed by atoms with Gasteiger partial charge < -0.3 is 31.7 Å². The molecule has 0 aliphatic carbocycles. The van der Waals surface area contributed by atoms with Crippen LogP contribution in [0, 0.1) is 0 Å². The highest BCUT2D eigenvalue weighted by molar-refractivity contribution is 5.97. The van der Waals surface area contributed by atoms with E-state index in [1.54, 1.807) is 0 Å². The van der Waals surface area contributed by atoms with Crippen LogP contribution in [0.25, 0.3) is 33.2 Å². The van der Waals surface area contributed by atoms with Crippen molar-refractivity contribution in [2.24, 2.45) is 5.73 Å². The summed E-state index contributed by atoms with van der Waals surface area (Å²) in [5.74, 6) is -1.18. The quantitative estimate of drug-likeness (QED) is 0.230. The Labute approximate surface area is 201 Å². The van der Waals surface area contributed by atoms with Gasteiger partial charge in [-0.05, 0) is 43.0 Å². The summed E-state index contributed by atoms with van der Waals surface area (Å²) in [5.41, 5.74) is 12.0. The lowest BCUT2D eigenvalue weighted by Crippen LogP contribution is -2.48. The van der Waals surface area contributed by atoms with Crippen molar-refractivity contribution in [3.8, 4) is 11.4 Å². The molecule has 9 nitrogen and oxygen atoms in total. The first-order valence-corrected chi connectivity index (χ1v) is 11.7. The second-order valence-corrected chi connectivity index (χ2v) is 9.03. The molecule has 2 atom stereocenters. The molecule has 2 aromatic carbocycles. The van der Waals surface area contributed by atoms with Crippen LogP contribution in [-0.4, -0.2) is 52.9 Å². The molecule has 2 aromatic heterocycles. The summed E-state index contributed by atoms with van der Waals surface area (Å²) in [6.07, 6.45) is 0.855. The molecule has 1 aliphatic rings. The second kappa shape index (κ2) is 9.27. The summed E-state index contributed by atoms with van der Waals surface area (Å²) in [7, 11) is 0. The number of fused-ring (bicyclic) bond motifs is 7. The van der Waals surface area contributed by atoms with Gasteiger partial charge in [0.15, 0.2) is 0 Å². The Balaban J connectivity index is 1.68. The number of aromatic nitrogens is 2. The van der Waals surface area contributed by atoms with Gasteiger partial charge in [-0.25, -0.2) is 0 Å². The van der Waals surface area contributed by atoms with Crippen LogP contribution in [0.3, 0.4) is 0 Å². The number of nitrogens with two attached hydrogens (primary N) is 1. The van der Waals surface area contributed by atoms with E-state index in [4.69, 9.17) is 5.73 Å². The number of carbonyl (C=O) groups excluding carboxylic acids is 3. The Kier molecular flexibility index (Phi) is 6.00. The highest BCUT2D eigenvalue weighted by Gasteiger charge is 2.25. The Bertz CT molecular complexity index is 1440. The van der Waals surface area contributed by atoms with Crippen LogP contribution in [0.5, 0.6) is 0 Å². The molecule has 0 bridgehead atoms. The average Bonchev–Trinajstić information content (AvgIpc) is 3.39. The zero-order chi connectivity index (χ0) is 24.5. The molecule has 7 N–H and O–H groups in total. The molecule has 1 aliphatic heterocycles. The largest absolute Gasteiger partial charge is 0.353 e. The summed E-state index contributed by atoms with van der Waals surface area (Å²) in [4.78, 5) is 44.3. The maximum Gasteiger partial charge on any atom is 0.239 e. The van der Waals surface area contributed by atoms with Gasteiger partial charge >= 0.3 is 0 Å². The molecule has 180 valence electrons. The van der Waals surface area contributed by atoms with Gasteiger partial charge in [0.05, 0.1) is 30.5 Å². The van der Waals surface area contributed by atoms with Crippen molar-refractivity contribution in [2.45, 2.75) is 31.8 Å². The summed E-state index contributed by atoms with van der Waals surface area (Å²) in [6.45, 7) is 1.52. The van der Waals surface area contributed by atoms with E-state index in [0.29, 0.717) is 6.42 Å². The van der Waals surface area contributed by atoms with Gasteiger partial charge in [0.2, 0.25) is 17.7 Å². The fourth-order valence-corrected chi connectivity index (χ4v) is 4.79. The minimum Gasteiger partial charge on any atom is -0.353 e. The van der Waals surface area contributed by atoms with Crippen molar-refractivity contribution in [3.05, 3.63) is 59.7 Å². The first-order chi connectivity index (χ1) is 16.9. The van der Waals surface area contributed by atoms with Crippen molar-refractivity contribution in [3.63, 3.8) is 0 Å². The van der Waals surface area contributed by atoms with Crippen LogP contribution in [0.15, 0.2) is 48.5 Å². The molecule has 9 heteroatoms. The first-order valence-electron chi connectivity index (χ1n) is 11.7. The van der Waals surface area contributed by atoms with Gasteiger partial charge in [0.25, 0.3) is 0 Å². The molecule has 5 rings (SSSR count). The molecular weight excluding hydrogens is 444 g/mol. The lowest BCUT2D eigenvalue weighted by molar-refractivity contribution is -0.128. The standard InChI is InChI=1S/C26H28N6O3/c1-14-10-17-15-6-2-4-8-20(15)31-24(17)25-18(16-7-3-5-9-21(16)32-25)11-19(27)26(35)29-12-22(33)28-13-23(34)30-14/h2-9,14,19,31-32H,10-13,27H2,1H3,(H,28,33)(H,29,35)(H,30,34)/t14-,19+/m1/s1. The Hall–Kier alpha value is -4.11. The van der Waals surface area contributed by atoms with E-state index < -0.39 is 17.9 Å². The highest BCUT2D eigenvalue weighted by atomic mass is 16.2. The van der Waals surface area contributed by atoms with E-state index >= 15 is 0 Å². The van der Waals surface area contributed by atoms with Gasteiger partial charge in [0.1, 0.15) is 0 Å². The van der Waals surface area contributed by atoms with E-state index in [1.807, 2.05) is 49.4 Å². The van der Waals surface area contributed by atoms with E-state index in [1.165, 1.54) is 0 Å². The molecule has 0 saturated heterocycles. The summed E-state index contributed by atoms with van der Waals surface area (Å²) in [5, 5.41) is 10.1. The summed E-state index contributed by atoms with van der Waals surface area (Å²) < 4.78 is 0. The number of nitrogens with one attached hydrogen (secondary N) is 5. The Morgan fingerprint density at radius 2 is 1.29 bits per heavy atom. The number of para-hydroxylation sites is 2. The fourth-order valence-electron chi connectivity index (χ4n) is 4.79. The lowest BCUT2D eigenvalue weighted by atomic mass is 9.96. The average molecular weight is 473 g/mol.